The summed E-state index contributed by atoms with van der Waals surface area (Å²) in [5.74, 6) is -0.0387. The summed E-state index contributed by atoms with van der Waals surface area (Å²) < 4.78 is 5.05. The number of hydrogen-bond donors (Lipinski definition) is 0. The summed E-state index contributed by atoms with van der Waals surface area (Å²) in [6.07, 6.45) is 4.87. The molecule has 0 fully saturated rings. The number of amides is 2. The van der Waals surface area contributed by atoms with Gasteiger partial charge < -0.3 is 14.2 Å². The molecule has 3 rings (SSSR count). The van der Waals surface area contributed by atoms with Crippen molar-refractivity contribution >= 4 is 11.8 Å². The van der Waals surface area contributed by atoms with Crippen molar-refractivity contribution in [3.05, 3.63) is 95.9 Å². The summed E-state index contributed by atoms with van der Waals surface area (Å²) >= 11 is 0. The van der Waals surface area contributed by atoms with Crippen LogP contribution in [0.4, 0.5) is 0 Å². The van der Waals surface area contributed by atoms with Gasteiger partial charge in [0.2, 0.25) is 5.91 Å². The average Bonchev–Trinajstić information content (AvgIpc) is 3.35. The Bertz CT molecular complexity index is 924. The summed E-state index contributed by atoms with van der Waals surface area (Å²) in [4.78, 5) is 29.5. The second-order valence-corrected chi connectivity index (χ2v) is 7.59. The van der Waals surface area contributed by atoms with Crippen molar-refractivity contribution in [2.75, 3.05) is 19.6 Å². The molecule has 31 heavy (non-hydrogen) atoms. The molecule has 0 N–H and O–H groups in total. The van der Waals surface area contributed by atoms with Gasteiger partial charge in [0.1, 0.15) is 6.26 Å². The maximum atomic E-state index is 13.2. The van der Waals surface area contributed by atoms with Crippen molar-refractivity contribution in [1.82, 2.24) is 9.80 Å². The molecular weight excluding hydrogens is 388 g/mol. The van der Waals surface area contributed by atoms with Crippen molar-refractivity contribution in [2.45, 2.75) is 32.7 Å². The molecule has 1 aromatic heterocycles. The Morgan fingerprint density at radius 3 is 2.10 bits per heavy atom. The molecule has 2 amide bonds. The normalized spacial score (nSPS) is 10.6. The largest absolute Gasteiger partial charge is 0.472 e. The number of rotatable bonds is 11. The minimum absolute atomic E-state index is 0.0564. The number of benzene rings is 2. The molecule has 0 saturated heterocycles. The SMILES string of the molecule is CCCN(CCC(=O)N(CCc1ccccc1)Cc1ccccc1)C(=O)c1ccoc1. The first-order valence-electron chi connectivity index (χ1n) is 10.8. The van der Waals surface area contributed by atoms with E-state index in [2.05, 4.69) is 12.1 Å². The van der Waals surface area contributed by atoms with Crippen LogP contribution in [-0.2, 0) is 17.8 Å². The first kappa shape index (κ1) is 22.3. The number of carbonyl (C=O) groups excluding carboxylic acids is 2. The number of carbonyl (C=O) groups is 2. The van der Waals surface area contributed by atoms with E-state index in [1.807, 2.05) is 60.4 Å². The zero-order valence-electron chi connectivity index (χ0n) is 18.1. The fraction of sp³-hybridized carbons (Fsp3) is 0.308. The summed E-state index contributed by atoms with van der Waals surface area (Å²) in [5.41, 5.74) is 2.83. The van der Waals surface area contributed by atoms with Gasteiger partial charge in [0.25, 0.3) is 5.91 Å². The lowest BCUT2D eigenvalue weighted by atomic mass is 10.1. The topological polar surface area (TPSA) is 53.8 Å². The Balaban J connectivity index is 1.65. The predicted octanol–water partition coefficient (Wildman–Crippen LogP) is 4.79. The molecule has 162 valence electrons. The van der Waals surface area contributed by atoms with Gasteiger partial charge in [-0.2, -0.15) is 0 Å². The molecule has 0 atom stereocenters. The minimum Gasteiger partial charge on any atom is -0.472 e. The maximum Gasteiger partial charge on any atom is 0.257 e. The van der Waals surface area contributed by atoms with Gasteiger partial charge in [-0.15, -0.1) is 0 Å². The molecule has 0 aliphatic heterocycles. The van der Waals surface area contributed by atoms with Crippen LogP contribution in [0.1, 0.15) is 41.3 Å². The van der Waals surface area contributed by atoms with E-state index >= 15 is 0 Å². The first-order chi connectivity index (χ1) is 15.2. The fourth-order valence-electron chi connectivity index (χ4n) is 3.55. The van der Waals surface area contributed by atoms with Crippen molar-refractivity contribution in [2.24, 2.45) is 0 Å². The van der Waals surface area contributed by atoms with Gasteiger partial charge in [-0.3, -0.25) is 9.59 Å². The Hall–Kier alpha value is -3.34. The molecule has 0 bridgehead atoms. The van der Waals surface area contributed by atoms with Crippen molar-refractivity contribution in [1.29, 1.82) is 0 Å². The van der Waals surface area contributed by atoms with E-state index < -0.39 is 0 Å². The van der Waals surface area contributed by atoms with Gasteiger partial charge >= 0.3 is 0 Å². The van der Waals surface area contributed by atoms with E-state index in [4.69, 9.17) is 4.42 Å². The molecule has 2 aromatic carbocycles. The molecule has 5 heteroatoms. The molecule has 0 saturated carbocycles. The summed E-state index contributed by atoms with van der Waals surface area (Å²) in [6.45, 7) is 4.24. The van der Waals surface area contributed by atoms with Crippen molar-refractivity contribution in [3.63, 3.8) is 0 Å². The average molecular weight is 419 g/mol. The highest BCUT2D eigenvalue weighted by Crippen LogP contribution is 2.11. The highest BCUT2D eigenvalue weighted by molar-refractivity contribution is 5.94. The van der Waals surface area contributed by atoms with Gasteiger partial charge in [0.15, 0.2) is 0 Å². The maximum absolute atomic E-state index is 13.2. The van der Waals surface area contributed by atoms with Crippen LogP contribution in [0.15, 0.2) is 83.7 Å². The lowest BCUT2D eigenvalue weighted by Crippen LogP contribution is -2.38. The molecule has 3 aromatic rings. The molecular formula is C26H30N2O3. The number of nitrogens with zero attached hydrogens (tertiary/aromatic N) is 2. The Morgan fingerprint density at radius 2 is 1.48 bits per heavy atom. The molecule has 0 unspecified atom stereocenters. The molecule has 0 radical (unpaired) electrons. The molecule has 0 spiro atoms. The molecule has 5 nitrogen and oxygen atoms in total. The highest BCUT2D eigenvalue weighted by atomic mass is 16.3. The standard InChI is InChI=1S/C26H30N2O3/c1-2-16-27(26(30)24-15-19-31-21-24)18-14-25(29)28(20-23-11-7-4-8-12-23)17-13-22-9-5-3-6-10-22/h3-12,15,19,21H,2,13-14,16-18,20H2,1H3. The van der Waals surface area contributed by atoms with E-state index in [-0.39, 0.29) is 11.8 Å². The van der Waals surface area contributed by atoms with Crippen LogP contribution in [0.25, 0.3) is 0 Å². The quantitative estimate of drug-likeness (QED) is 0.450. The van der Waals surface area contributed by atoms with E-state index in [0.717, 1.165) is 18.4 Å². The summed E-state index contributed by atoms with van der Waals surface area (Å²) in [5, 5.41) is 0. The van der Waals surface area contributed by atoms with Gasteiger partial charge in [0, 0.05) is 32.6 Å². The van der Waals surface area contributed by atoms with Crippen LogP contribution < -0.4 is 0 Å². The zero-order chi connectivity index (χ0) is 21.9. The van der Waals surface area contributed by atoms with E-state index in [1.165, 1.54) is 18.1 Å². The number of hydrogen-bond acceptors (Lipinski definition) is 3. The third-order valence-corrected chi connectivity index (χ3v) is 5.23. The fourth-order valence-corrected chi connectivity index (χ4v) is 3.55. The summed E-state index contributed by atoms with van der Waals surface area (Å²) in [7, 11) is 0. The smallest absolute Gasteiger partial charge is 0.257 e. The Labute approximate surface area is 184 Å². The van der Waals surface area contributed by atoms with Crippen LogP contribution >= 0.6 is 0 Å². The Kier molecular flexibility index (Phi) is 8.47. The lowest BCUT2D eigenvalue weighted by molar-refractivity contribution is -0.132. The Morgan fingerprint density at radius 1 is 0.806 bits per heavy atom. The van der Waals surface area contributed by atoms with Gasteiger partial charge in [-0.05, 0) is 30.0 Å². The van der Waals surface area contributed by atoms with Crippen LogP contribution in [0.2, 0.25) is 0 Å². The molecule has 1 heterocycles. The van der Waals surface area contributed by atoms with E-state index in [1.54, 1.807) is 11.0 Å². The monoisotopic (exact) mass is 418 g/mol. The first-order valence-corrected chi connectivity index (χ1v) is 10.8. The summed E-state index contributed by atoms with van der Waals surface area (Å²) in [6, 6.07) is 21.9. The second kappa shape index (κ2) is 11.7. The van der Waals surface area contributed by atoms with Crippen LogP contribution in [0.5, 0.6) is 0 Å². The predicted molar refractivity (Wildman–Crippen MR) is 122 cm³/mol. The third kappa shape index (κ3) is 6.85. The second-order valence-electron chi connectivity index (χ2n) is 7.59. The van der Waals surface area contributed by atoms with Crippen molar-refractivity contribution < 1.29 is 14.0 Å². The van der Waals surface area contributed by atoms with Crippen LogP contribution in [-0.4, -0.2) is 41.2 Å². The molecule has 0 aliphatic rings. The van der Waals surface area contributed by atoms with Crippen molar-refractivity contribution in [3.8, 4) is 0 Å². The van der Waals surface area contributed by atoms with Gasteiger partial charge in [0.05, 0.1) is 11.8 Å². The lowest BCUT2D eigenvalue weighted by Gasteiger charge is -2.26. The van der Waals surface area contributed by atoms with E-state index in [9.17, 15) is 9.59 Å². The van der Waals surface area contributed by atoms with Crippen LogP contribution in [0.3, 0.4) is 0 Å². The van der Waals surface area contributed by atoms with Gasteiger partial charge in [-0.25, -0.2) is 0 Å². The number of furan rings is 1. The zero-order valence-corrected chi connectivity index (χ0v) is 18.1. The third-order valence-electron chi connectivity index (χ3n) is 5.23. The van der Waals surface area contributed by atoms with Crippen LogP contribution in [0, 0.1) is 0 Å². The van der Waals surface area contributed by atoms with Gasteiger partial charge in [-0.1, -0.05) is 67.6 Å². The minimum atomic E-state index is -0.0951. The van der Waals surface area contributed by atoms with E-state index in [0.29, 0.717) is 38.2 Å². The highest BCUT2D eigenvalue weighted by Gasteiger charge is 2.20. The molecule has 0 aliphatic carbocycles.